The molecule has 1 atom stereocenters. The average molecular weight is 193 g/mol. The Bertz CT molecular complexity index is 314. The lowest BCUT2D eigenvalue weighted by atomic mass is 9.77. The normalized spacial score (nSPS) is 18.9. The fraction of sp³-hybridized carbons (Fsp3) is 0.455. The molecule has 0 radical (unpaired) electrons. The molecule has 3 nitrogen and oxygen atoms in total. The number of benzene rings is 1. The Morgan fingerprint density at radius 1 is 1.14 bits per heavy atom. The van der Waals surface area contributed by atoms with Crippen molar-refractivity contribution in [1.29, 1.82) is 0 Å². The van der Waals surface area contributed by atoms with E-state index in [2.05, 4.69) is 0 Å². The lowest BCUT2D eigenvalue weighted by Crippen LogP contribution is -2.26. The molecule has 76 valence electrons. The molecule has 3 heteroatoms. The summed E-state index contributed by atoms with van der Waals surface area (Å²) in [5.74, 6) is 0.667. The van der Waals surface area contributed by atoms with Gasteiger partial charge in [-0.25, -0.2) is 0 Å². The first-order chi connectivity index (χ1) is 6.66. The lowest BCUT2D eigenvalue weighted by Gasteiger charge is -2.31. The molecule has 0 heterocycles. The summed E-state index contributed by atoms with van der Waals surface area (Å²) in [7, 11) is 0. The van der Waals surface area contributed by atoms with Crippen LogP contribution in [0.4, 0.5) is 0 Å². The predicted octanol–water partition coefficient (Wildman–Crippen LogP) is 1.90. The van der Waals surface area contributed by atoms with Crippen LogP contribution in [0, 0.1) is 5.92 Å². The van der Waals surface area contributed by atoms with Gasteiger partial charge in [0.1, 0.15) is 11.5 Å². The molecule has 4 N–H and O–H groups in total. The molecule has 1 saturated carbocycles. The predicted molar refractivity (Wildman–Crippen MR) is 54.0 cm³/mol. The van der Waals surface area contributed by atoms with E-state index in [9.17, 15) is 10.2 Å². The van der Waals surface area contributed by atoms with Crippen molar-refractivity contribution >= 4 is 0 Å². The van der Waals surface area contributed by atoms with E-state index in [1.165, 1.54) is 12.5 Å². The van der Waals surface area contributed by atoms with Crippen LogP contribution >= 0.6 is 0 Å². The molecular formula is C11H15NO2. The van der Waals surface area contributed by atoms with Crippen LogP contribution in [0.3, 0.4) is 0 Å². The maximum atomic E-state index is 9.30. The van der Waals surface area contributed by atoms with Crippen molar-refractivity contribution in [2.45, 2.75) is 25.3 Å². The second kappa shape index (κ2) is 3.50. The van der Waals surface area contributed by atoms with Crippen LogP contribution in [0.2, 0.25) is 0 Å². The van der Waals surface area contributed by atoms with Crippen LogP contribution < -0.4 is 5.73 Å². The highest BCUT2D eigenvalue weighted by molar-refractivity contribution is 5.38. The molecule has 0 saturated heterocycles. The van der Waals surface area contributed by atoms with E-state index in [1.54, 1.807) is 12.1 Å². The molecule has 0 unspecified atom stereocenters. The van der Waals surface area contributed by atoms with Crippen LogP contribution in [-0.2, 0) is 0 Å². The molecule has 0 aliphatic heterocycles. The van der Waals surface area contributed by atoms with Crippen molar-refractivity contribution in [1.82, 2.24) is 0 Å². The highest BCUT2D eigenvalue weighted by atomic mass is 16.3. The van der Waals surface area contributed by atoms with Gasteiger partial charge in [0.15, 0.2) is 0 Å². The van der Waals surface area contributed by atoms with Crippen molar-refractivity contribution in [3.05, 3.63) is 23.8 Å². The van der Waals surface area contributed by atoms with Gasteiger partial charge < -0.3 is 15.9 Å². The van der Waals surface area contributed by atoms with Crippen LogP contribution in [0.5, 0.6) is 11.5 Å². The van der Waals surface area contributed by atoms with Crippen molar-refractivity contribution in [2.75, 3.05) is 0 Å². The SMILES string of the molecule is N[C@H](c1cc(O)cc(O)c1)C1CCC1. The minimum atomic E-state index is -0.0539. The van der Waals surface area contributed by atoms with Gasteiger partial charge in [-0.05, 0) is 36.5 Å². The molecule has 0 aromatic heterocycles. The van der Waals surface area contributed by atoms with Crippen LogP contribution in [0.15, 0.2) is 18.2 Å². The van der Waals surface area contributed by atoms with E-state index >= 15 is 0 Å². The summed E-state index contributed by atoms with van der Waals surface area (Å²) in [5.41, 5.74) is 6.84. The molecule has 1 aromatic rings. The first kappa shape index (κ1) is 9.34. The molecular weight excluding hydrogens is 178 g/mol. The van der Waals surface area contributed by atoms with Crippen molar-refractivity contribution in [3.8, 4) is 11.5 Å². The summed E-state index contributed by atoms with van der Waals surface area (Å²) in [5, 5.41) is 18.6. The molecule has 1 fully saturated rings. The zero-order valence-corrected chi connectivity index (χ0v) is 7.98. The molecule has 1 aliphatic carbocycles. The fourth-order valence-electron chi connectivity index (χ4n) is 1.88. The molecule has 1 aromatic carbocycles. The second-order valence-electron chi connectivity index (χ2n) is 4.00. The fourth-order valence-corrected chi connectivity index (χ4v) is 1.88. The quantitative estimate of drug-likeness (QED) is 0.672. The monoisotopic (exact) mass is 193 g/mol. The summed E-state index contributed by atoms with van der Waals surface area (Å²) in [6, 6.07) is 4.52. The van der Waals surface area contributed by atoms with Crippen molar-refractivity contribution < 1.29 is 10.2 Å². The summed E-state index contributed by atoms with van der Waals surface area (Å²) >= 11 is 0. The zero-order valence-electron chi connectivity index (χ0n) is 7.98. The topological polar surface area (TPSA) is 66.5 Å². The largest absolute Gasteiger partial charge is 0.508 e. The zero-order chi connectivity index (χ0) is 10.1. The third-order valence-corrected chi connectivity index (χ3v) is 2.97. The molecule has 0 amide bonds. The van der Waals surface area contributed by atoms with Crippen LogP contribution in [0.1, 0.15) is 30.9 Å². The highest BCUT2D eigenvalue weighted by Crippen LogP contribution is 2.37. The van der Waals surface area contributed by atoms with Crippen LogP contribution in [0.25, 0.3) is 0 Å². The number of phenolic OH excluding ortho intramolecular Hbond substituents is 2. The first-order valence-corrected chi connectivity index (χ1v) is 4.95. The first-order valence-electron chi connectivity index (χ1n) is 4.95. The Hall–Kier alpha value is -1.22. The molecule has 1 aliphatic rings. The van der Waals surface area contributed by atoms with Gasteiger partial charge in [-0.3, -0.25) is 0 Å². The van der Waals surface area contributed by atoms with E-state index < -0.39 is 0 Å². The third-order valence-electron chi connectivity index (χ3n) is 2.97. The Morgan fingerprint density at radius 2 is 1.71 bits per heavy atom. The second-order valence-corrected chi connectivity index (χ2v) is 4.00. The molecule has 2 rings (SSSR count). The number of aromatic hydroxyl groups is 2. The Labute approximate surface area is 83.2 Å². The standard InChI is InChI=1S/C11H15NO2/c12-11(7-2-1-3-7)8-4-9(13)6-10(14)5-8/h4-7,11,13-14H,1-3,12H2/t11-/m0/s1. The molecule has 0 bridgehead atoms. The molecule has 14 heavy (non-hydrogen) atoms. The summed E-state index contributed by atoms with van der Waals surface area (Å²) < 4.78 is 0. The minimum Gasteiger partial charge on any atom is -0.508 e. The Balaban J connectivity index is 2.21. The smallest absolute Gasteiger partial charge is 0.119 e. The van der Waals surface area contributed by atoms with Gasteiger partial charge in [-0.15, -0.1) is 0 Å². The highest BCUT2D eigenvalue weighted by Gasteiger charge is 2.25. The van der Waals surface area contributed by atoms with Gasteiger partial charge in [-0.2, -0.15) is 0 Å². The number of hydrogen-bond donors (Lipinski definition) is 3. The van der Waals surface area contributed by atoms with E-state index in [-0.39, 0.29) is 17.5 Å². The number of phenols is 2. The summed E-state index contributed by atoms with van der Waals surface area (Å²) in [6.45, 7) is 0. The molecule has 0 spiro atoms. The van der Waals surface area contributed by atoms with E-state index in [1.807, 2.05) is 0 Å². The van der Waals surface area contributed by atoms with Gasteiger partial charge in [0, 0.05) is 12.1 Å². The van der Waals surface area contributed by atoms with Gasteiger partial charge in [-0.1, -0.05) is 6.42 Å². The van der Waals surface area contributed by atoms with Gasteiger partial charge >= 0.3 is 0 Å². The summed E-state index contributed by atoms with van der Waals surface area (Å²) in [4.78, 5) is 0. The van der Waals surface area contributed by atoms with E-state index in [4.69, 9.17) is 5.73 Å². The maximum Gasteiger partial charge on any atom is 0.119 e. The van der Waals surface area contributed by atoms with Crippen molar-refractivity contribution in [2.24, 2.45) is 11.7 Å². The number of rotatable bonds is 2. The van der Waals surface area contributed by atoms with E-state index in [0.29, 0.717) is 5.92 Å². The lowest BCUT2D eigenvalue weighted by molar-refractivity contribution is 0.263. The maximum absolute atomic E-state index is 9.30. The van der Waals surface area contributed by atoms with Crippen LogP contribution in [-0.4, -0.2) is 10.2 Å². The van der Waals surface area contributed by atoms with Crippen molar-refractivity contribution in [3.63, 3.8) is 0 Å². The van der Waals surface area contributed by atoms with Gasteiger partial charge in [0.05, 0.1) is 0 Å². The Morgan fingerprint density at radius 3 is 2.14 bits per heavy atom. The van der Waals surface area contributed by atoms with E-state index in [0.717, 1.165) is 18.4 Å². The third kappa shape index (κ3) is 1.68. The average Bonchev–Trinajstić information content (AvgIpc) is 1.98. The number of nitrogens with two attached hydrogens (primary N) is 1. The van der Waals surface area contributed by atoms with Gasteiger partial charge in [0.2, 0.25) is 0 Å². The summed E-state index contributed by atoms with van der Waals surface area (Å²) in [6.07, 6.45) is 3.54. The Kier molecular flexibility index (Phi) is 2.33. The number of hydrogen-bond acceptors (Lipinski definition) is 3. The van der Waals surface area contributed by atoms with Gasteiger partial charge in [0.25, 0.3) is 0 Å². The minimum absolute atomic E-state index is 0.0539.